The molecule has 1 aliphatic rings. The number of hydrogen-bond donors (Lipinski definition) is 3. The molecule has 10 heteroatoms. The van der Waals surface area contributed by atoms with Crippen LogP contribution in [0, 0.1) is 6.92 Å². The Hall–Kier alpha value is -3.69. The van der Waals surface area contributed by atoms with Gasteiger partial charge in [0, 0.05) is 38.6 Å². The van der Waals surface area contributed by atoms with Gasteiger partial charge in [-0.05, 0) is 25.5 Å². The summed E-state index contributed by atoms with van der Waals surface area (Å²) < 4.78 is 1.87. The Morgan fingerprint density at radius 1 is 1.20 bits per heavy atom. The Bertz CT molecular complexity index is 1060. The lowest BCUT2D eigenvalue weighted by Gasteiger charge is -2.32. The number of aryl methyl sites for hydroxylation is 1. The molecule has 4 heterocycles. The number of carbonyl (C=O) groups is 1. The van der Waals surface area contributed by atoms with Gasteiger partial charge in [0.25, 0.3) is 0 Å². The molecule has 3 aromatic heterocycles. The van der Waals surface area contributed by atoms with E-state index in [9.17, 15) is 4.79 Å². The zero-order valence-corrected chi connectivity index (χ0v) is 17.5. The predicted octanol–water partition coefficient (Wildman–Crippen LogP) is 1.86. The molecule has 0 bridgehead atoms. The molecule has 0 aliphatic carbocycles. The first-order valence-electron chi connectivity index (χ1n) is 9.75. The largest absolute Gasteiger partial charge is 0.373 e. The Morgan fingerprint density at radius 2 is 2.03 bits per heavy atom. The maximum atomic E-state index is 12.0. The van der Waals surface area contributed by atoms with Crippen LogP contribution in [0.3, 0.4) is 0 Å². The van der Waals surface area contributed by atoms with E-state index in [1.54, 1.807) is 0 Å². The van der Waals surface area contributed by atoms with Crippen molar-refractivity contribution in [2.75, 3.05) is 34.9 Å². The van der Waals surface area contributed by atoms with Crippen molar-refractivity contribution in [3.05, 3.63) is 47.5 Å². The molecule has 0 fully saturated rings. The average molecular weight is 407 g/mol. The Labute approximate surface area is 174 Å². The fraction of sp³-hybridized carbons (Fsp3) is 0.350. The topological polar surface area (TPSA) is 113 Å². The number of pyridine rings is 1. The van der Waals surface area contributed by atoms with Crippen molar-refractivity contribution < 1.29 is 4.79 Å². The van der Waals surface area contributed by atoms with Gasteiger partial charge in [-0.3, -0.25) is 9.48 Å². The van der Waals surface area contributed by atoms with Gasteiger partial charge in [0.2, 0.25) is 11.9 Å². The molecule has 0 radical (unpaired) electrons. The molecule has 4 rings (SSSR count). The number of fused-ring (bicyclic) bond motifs is 1. The highest BCUT2D eigenvalue weighted by Crippen LogP contribution is 2.32. The van der Waals surface area contributed by atoms with Crippen molar-refractivity contribution in [3.8, 4) is 0 Å². The van der Waals surface area contributed by atoms with E-state index in [-0.39, 0.29) is 11.9 Å². The molecule has 1 aliphatic heterocycles. The van der Waals surface area contributed by atoms with E-state index >= 15 is 0 Å². The van der Waals surface area contributed by atoms with E-state index in [0.717, 1.165) is 22.6 Å². The van der Waals surface area contributed by atoms with Crippen LogP contribution in [0.4, 0.5) is 23.3 Å². The summed E-state index contributed by atoms with van der Waals surface area (Å²) in [6.45, 7) is 4.90. The molecule has 156 valence electrons. The average Bonchev–Trinajstić information content (AvgIpc) is 3.19. The molecule has 3 aromatic rings. The quantitative estimate of drug-likeness (QED) is 0.568. The van der Waals surface area contributed by atoms with Gasteiger partial charge in [-0.2, -0.15) is 10.1 Å². The fourth-order valence-corrected chi connectivity index (χ4v) is 3.24. The molecule has 0 saturated carbocycles. The van der Waals surface area contributed by atoms with Crippen LogP contribution < -0.4 is 20.9 Å². The van der Waals surface area contributed by atoms with Gasteiger partial charge in [-0.1, -0.05) is 6.07 Å². The summed E-state index contributed by atoms with van der Waals surface area (Å²) in [5, 5.41) is 13.6. The van der Waals surface area contributed by atoms with Crippen molar-refractivity contribution in [1.82, 2.24) is 24.7 Å². The van der Waals surface area contributed by atoms with Crippen LogP contribution in [0.25, 0.3) is 0 Å². The SMILES string of the molecule is CNc1ccc(Cn2cc(CNc3nc(C)c4c(n3)N(C)[C@@H](C)C(=O)N4)cn2)cn1. The van der Waals surface area contributed by atoms with Crippen LogP contribution in [0.1, 0.15) is 23.7 Å². The summed E-state index contributed by atoms with van der Waals surface area (Å²) in [7, 11) is 3.71. The number of hydrogen-bond acceptors (Lipinski definition) is 8. The first-order valence-corrected chi connectivity index (χ1v) is 9.75. The van der Waals surface area contributed by atoms with Crippen LogP contribution in [-0.2, 0) is 17.9 Å². The second-order valence-corrected chi connectivity index (χ2v) is 7.31. The minimum Gasteiger partial charge on any atom is -0.373 e. The number of nitrogens with zero attached hydrogens (tertiary/aromatic N) is 6. The van der Waals surface area contributed by atoms with Gasteiger partial charge in [0.15, 0.2) is 5.82 Å². The number of amides is 1. The minimum absolute atomic E-state index is 0.0550. The number of carbonyl (C=O) groups excluding carboxylic acids is 1. The van der Waals surface area contributed by atoms with Gasteiger partial charge in [0.05, 0.1) is 18.4 Å². The standard InChI is InChI=1S/C20H25N9O/c1-12-17-18(28(4)13(2)19(30)26-17)27-20(25-12)23-8-15-9-24-29(11-15)10-14-5-6-16(21-3)22-7-14/h5-7,9,11,13H,8,10H2,1-4H3,(H,21,22)(H,26,30)(H,23,25,27)/t13-/m0/s1. The number of rotatable bonds is 6. The number of anilines is 4. The van der Waals surface area contributed by atoms with Gasteiger partial charge >= 0.3 is 0 Å². The molecule has 3 N–H and O–H groups in total. The van der Waals surface area contributed by atoms with Crippen molar-refractivity contribution in [1.29, 1.82) is 0 Å². The van der Waals surface area contributed by atoms with Gasteiger partial charge in [-0.25, -0.2) is 9.97 Å². The smallest absolute Gasteiger partial charge is 0.246 e. The van der Waals surface area contributed by atoms with E-state index in [2.05, 4.69) is 36.0 Å². The molecule has 0 unspecified atom stereocenters. The summed E-state index contributed by atoms with van der Waals surface area (Å²) in [5.41, 5.74) is 3.48. The van der Waals surface area contributed by atoms with Gasteiger partial charge < -0.3 is 20.9 Å². The number of likely N-dealkylation sites (N-methyl/N-ethyl adjacent to an activating group) is 1. The molecule has 0 spiro atoms. The van der Waals surface area contributed by atoms with Crippen LogP contribution in [0.15, 0.2) is 30.7 Å². The van der Waals surface area contributed by atoms with E-state index in [4.69, 9.17) is 0 Å². The van der Waals surface area contributed by atoms with Gasteiger partial charge in [-0.15, -0.1) is 0 Å². The zero-order valence-electron chi connectivity index (χ0n) is 17.5. The lowest BCUT2D eigenvalue weighted by Crippen LogP contribution is -2.44. The van der Waals surface area contributed by atoms with Crippen LogP contribution in [0.5, 0.6) is 0 Å². The highest BCUT2D eigenvalue weighted by atomic mass is 16.2. The molecule has 0 aromatic carbocycles. The summed E-state index contributed by atoms with van der Waals surface area (Å²) in [4.78, 5) is 27.3. The number of nitrogens with one attached hydrogen (secondary N) is 3. The van der Waals surface area contributed by atoms with Crippen LogP contribution in [0.2, 0.25) is 0 Å². The number of aromatic nitrogens is 5. The van der Waals surface area contributed by atoms with Crippen molar-refractivity contribution in [3.63, 3.8) is 0 Å². The van der Waals surface area contributed by atoms with Crippen LogP contribution >= 0.6 is 0 Å². The lowest BCUT2D eigenvalue weighted by atomic mass is 10.2. The molecule has 1 amide bonds. The summed E-state index contributed by atoms with van der Waals surface area (Å²) in [6, 6.07) is 3.69. The maximum Gasteiger partial charge on any atom is 0.246 e. The monoisotopic (exact) mass is 407 g/mol. The van der Waals surface area contributed by atoms with E-state index in [0.29, 0.717) is 30.5 Å². The minimum atomic E-state index is -0.283. The lowest BCUT2D eigenvalue weighted by molar-refractivity contribution is -0.117. The second-order valence-electron chi connectivity index (χ2n) is 7.31. The predicted molar refractivity (Wildman–Crippen MR) is 116 cm³/mol. The Kier molecular flexibility index (Phi) is 5.21. The molecular formula is C20H25N9O. The summed E-state index contributed by atoms with van der Waals surface area (Å²) >= 11 is 0. The summed E-state index contributed by atoms with van der Waals surface area (Å²) in [5.74, 6) is 2.01. The molecule has 10 nitrogen and oxygen atoms in total. The molecule has 30 heavy (non-hydrogen) atoms. The summed E-state index contributed by atoms with van der Waals surface area (Å²) in [6.07, 6.45) is 5.65. The van der Waals surface area contributed by atoms with Crippen molar-refractivity contribution in [2.24, 2.45) is 0 Å². The third-order valence-corrected chi connectivity index (χ3v) is 5.18. The Morgan fingerprint density at radius 3 is 2.77 bits per heavy atom. The maximum absolute atomic E-state index is 12.0. The normalized spacial score (nSPS) is 15.5. The van der Waals surface area contributed by atoms with Crippen molar-refractivity contribution in [2.45, 2.75) is 33.0 Å². The first-order chi connectivity index (χ1) is 14.4. The first kappa shape index (κ1) is 19.6. The molecular weight excluding hydrogens is 382 g/mol. The van der Waals surface area contributed by atoms with Crippen molar-refractivity contribution >= 4 is 29.2 Å². The Balaban J connectivity index is 1.43. The molecule has 0 saturated heterocycles. The second kappa shape index (κ2) is 7.97. The van der Waals surface area contributed by atoms with Gasteiger partial charge in [0.1, 0.15) is 17.5 Å². The third-order valence-electron chi connectivity index (χ3n) is 5.18. The zero-order chi connectivity index (χ0) is 21.3. The van der Waals surface area contributed by atoms with E-state index < -0.39 is 0 Å². The fourth-order valence-electron chi connectivity index (χ4n) is 3.24. The third kappa shape index (κ3) is 3.88. The van der Waals surface area contributed by atoms with E-state index in [1.165, 1.54) is 0 Å². The highest BCUT2D eigenvalue weighted by Gasteiger charge is 2.30. The van der Waals surface area contributed by atoms with Crippen LogP contribution in [-0.4, -0.2) is 50.8 Å². The van der Waals surface area contributed by atoms with E-state index in [1.807, 2.05) is 68.2 Å². The highest BCUT2D eigenvalue weighted by molar-refractivity contribution is 6.03. The molecule has 1 atom stereocenters.